The van der Waals surface area contributed by atoms with Gasteiger partial charge in [-0.15, -0.1) is 0 Å². The smallest absolute Gasteiger partial charge is 0.295 e. The fourth-order valence-corrected chi connectivity index (χ4v) is 3.22. The molecule has 0 aromatic carbocycles. The van der Waals surface area contributed by atoms with E-state index in [0.717, 1.165) is 0 Å². The summed E-state index contributed by atoms with van der Waals surface area (Å²) in [5, 5.41) is 0. The van der Waals surface area contributed by atoms with Gasteiger partial charge in [0.1, 0.15) is 12.2 Å². The Bertz CT molecular complexity index is 484. The van der Waals surface area contributed by atoms with Crippen molar-refractivity contribution in [3.8, 4) is 0 Å². The van der Waals surface area contributed by atoms with Crippen LogP contribution in [0.3, 0.4) is 0 Å². The monoisotopic (exact) mass is 364 g/mol. The summed E-state index contributed by atoms with van der Waals surface area (Å²) in [6.45, 7) is 4.46. The maximum absolute atomic E-state index is 10.6. The predicted molar refractivity (Wildman–Crippen MR) is 73.4 cm³/mol. The second kappa shape index (κ2) is 7.97. The average molecular weight is 364 g/mol. The van der Waals surface area contributed by atoms with Gasteiger partial charge < -0.3 is 18.9 Å². The molecule has 12 heteroatoms. The zero-order valence-electron chi connectivity index (χ0n) is 12.1. The van der Waals surface area contributed by atoms with Gasteiger partial charge in [-0.1, -0.05) is 0 Å². The minimum Gasteiger partial charge on any atom is -0.369 e. The number of rotatable bonds is 8. The molecule has 0 aromatic rings. The van der Waals surface area contributed by atoms with Gasteiger partial charge in [0, 0.05) is 13.2 Å². The average Bonchev–Trinajstić information content (AvgIpc) is 3.24. The number of epoxide rings is 2. The molecule has 0 radical (unpaired) electrons. The van der Waals surface area contributed by atoms with Gasteiger partial charge in [-0.05, 0) is 13.8 Å². The van der Waals surface area contributed by atoms with Gasteiger partial charge in [0.2, 0.25) is 10.9 Å². The molecule has 10 nitrogen and oxygen atoms in total. The van der Waals surface area contributed by atoms with Crippen molar-refractivity contribution in [2.24, 2.45) is 0 Å². The molecule has 0 aliphatic carbocycles. The third-order valence-electron chi connectivity index (χ3n) is 2.57. The van der Waals surface area contributed by atoms with E-state index in [9.17, 15) is 16.8 Å². The molecule has 2 aliphatic heterocycles. The molecular formula is C10H20O10S2. The first-order chi connectivity index (χ1) is 10.1. The molecule has 2 fully saturated rings. The van der Waals surface area contributed by atoms with Crippen LogP contribution in [0.15, 0.2) is 0 Å². The van der Waals surface area contributed by atoms with Crippen molar-refractivity contribution >= 4 is 20.2 Å². The Morgan fingerprint density at radius 2 is 1.18 bits per heavy atom. The van der Waals surface area contributed by atoms with Crippen LogP contribution in [0, 0.1) is 0 Å². The summed E-state index contributed by atoms with van der Waals surface area (Å²) in [4.78, 5) is 0. The molecule has 2 aliphatic rings. The van der Waals surface area contributed by atoms with E-state index < -0.39 is 43.3 Å². The van der Waals surface area contributed by atoms with Gasteiger partial charge >= 0.3 is 0 Å². The minimum absolute atomic E-state index is 0.240. The highest BCUT2D eigenvalue weighted by molar-refractivity contribution is 7.86. The summed E-state index contributed by atoms with van der Waals surface area (Å²) < 4.78 is 78.3. The van der Waals surface area contributed by atoms with E-state index in [1.165, 1.54) is 0 Å². The highest BCUT2D eigenvalue weighted by Crippen LogP contribution is 2.21. The van der Waals surface area contributed by atoms with Gasteiger partial charge in [0.15, 0.2) is 0 Å². The molecule has 0 spiro atoms. The molecule has 4 unspecified atom stereocenters. The molecule has 132 valence electrons. The summed E-state index contributed by atoms with van der Waals surface area (Å²) in [6.07, 6.45) is -0.963. The van der Waals surface area contributed by atoms with Crippen LogP contribution in [-0.4, -0.2) is 75.4 Å². The van der Waals surface area contributed by atoms with E-state index in [1.807, 2.05) is 0 Å². The van der Waals surface area contributed by atoms with Crippen molar-refractivity contribution in [3.05, 3.63) is 0 Å². The molecule has 4 atom stereocenters. The third kappa shape index (κ3) is 6.83. The maximum Gasteiger partial charge on any atom is 0.295 e. The van der Waals surface area contributed by atoms with Crippen LogP contribution < -0.4 is 0 Å². The third-order valence-corrected chi connectivity index (χ3v) is 4.63. The van der Waals surface area contributed by atoms with Crippen molar-refractivity contribution in [1.82, 2.24) is 0 Å². The van der Waals surface area contributed by atoms with Gasteiger partial charge in [-0.2, -0.15) is 16.8 Å². The lowest BCUT2D eigenvalue weighted by Gasteiger charge is -2.09. The normalized spacial score (nSPS) is 26.5. The molecular weight excluding hydrogens is 344 g/mol. The van der Waals surface area contributed by atoms with Crippen molar-refractivity contribution < 1.29 is 44.9 Å². The number of ether oxygens (including phenoxy) is 4. The van der Waals surface area contributed by atoms with Crippen LogP contribution in [0.4, 0.5) is 0 Å². The van der Waals surface area contributed by atoms with Crippen molar-refractivity contribution in [2.45, 2.75) is 36.9 Å². The van der Waals surface area contributed by atoms with Gasteiger partial charge in [-0.25, -0.2) is 0 Å². The Kier molecular flexibility index (Phi) is 7.14. The van der Waals surface area contributed by atoms with E-state index in [-0.39, 0.29) is 13.2 Å². The van der Waals surface area contributed by atoms with Crippen LogP contribution in [0.1, 0.15) is 13.8 Å². The summed E-state index contributed by atoms with van der Waals surface area (Å²) >= 11 is 0. The van der Waals surface area contributed by atoms with E-state index in [1.54, 1.807) is 13.8 Å². The lowest BCUT2D eigenvalue weighted by molar-refractivity contribution is 0.0887. The summed E-state index contributed by atoms with van der Waals surface area (Å²) in [5.74, 6) is 0. The first-order valence-electron chi connectivity index (χ1n) is 6.50. The standard InChI is InChI=1S/2C5H10O5S/c2*1-2-9-5(4-3-10-4)11(6,7)8/h2*4-5H,2-3H2,1H3,(H,6,7,8). The Morgan fingerprint density at radius 3 is 1.32 bits per heavy atom. The minimum atomic E-state index is -4.11. The van der Waals surface area contributed by atoms with Crippen LogP contribution in [-0.2, 0) is 39.2 Å². The quantitative estimate of drug-likeness (QED) is 0.416. The number of hydrogen-bond acceptors (Lipinski definition) is 8. The molecule has 0 amide bonds. The molecule has 2 rings (SSSR count). The molecule has 0 aromatic heterocycles. The topological polar surface area (TPSA) is 152 Å². The van der Waals surface area contributed by atoms with Crippen molar-refractivity contribution in [1.29, 1.82) is 0 Å². The summed E-state index contributed by atoms with van der Waals surface area (Å²) in [5.41, 5.74) is -2.40. The molecule has 0 bridgehead atoms. The second-order valence-corrected chi connectivity index (χ2v) is 7.41. The first kappa shape index (κ1) is 19.7. The van der Waals surface area contributed by atoms with Crippen LogP contribution in [0.2, 0.25) is 0 Å². The maximum atomic E-state index is 10.6. The van der Waals surface area contributed by atoms with E-state index in [0.29, 0.717) is 13.2 Å². The largest absolute Gasteiger partial charge is 0.369 e. The fraction of sp³-hybridized carbons (Fsp3) is 1.00. The van der Waals surface area contributed by atoms with Crippen LogP contribution in [0.5, 0.6) is 0 Å². The van der Waals surface area contributed by atoms with Gasteiger partial charge in [0.05, 0.1) is 13.2 Å². The Morgan fingerprint density at radius 1 is 0.909 bits per heavy atom. The fourth-order valence-electron chi connectivity index (χ4n) is 1.52. The van der Waals surface area contributed by atoms with Gasteiger partial charge in [-0.3, -0.25) is 9.11 Å². The Balaban J connectivity index is 0.000000220. The van der Waals surface area contributed by atoms with Crippen LogP contribution >= 0.6 is 0 Å². The van der Waals surface area contributed by atoms with Crippen molar-refractivity contribution in [2.75, 3.05) is 26.4 Å². The molecule has 22 heavy (non-hydrogen) atoms. The second-order valence-electron chi connectivity index (χ2n) is 4.42. The van der Waals surface area contributed by atoms with Gasteiger partial charge in [0.25, 0.3) is 20.2 Å². The summed E-state index contributed by atoms with van der Waals surface area (Å²) in [6, 6.07) is 0. The zero-order chi connectivity index (χ0) is 17.0. The molecule has 2 N–H and O–H groups in total. The highest BCUT2D eigenvalue weighted by Gasteiger charge is 2.42. The first-order valence-corrected chi connectivity index (χ1v) is 9.50. The zero-order valence-corrected chi connectivity index (χ0v) is 13.7. The predicted octanol–water partition coefficient (Wildman–Crippen LogP) is -0.729. The lowest BCUT2D eigenvalue weighted by Crippen LogP contribution is -2.29. The number of hydrogen-bond donors (Lipinski definition) is 2. The molecule has 0 saturated carbocycles. The summed E-state index contributed by atoms with van der Waals surface area (Å²) in [7, 11) is -8.22. The van der Waals surface area contributed by atoms with E-state index in [2.05, 4.69) is 9.47 Å². The molecule has 2 heterocycles. The van der Waals surface area contributed by atoms with E-state index >= 15 is 0 Å². The lowest BCUT2D eigenvalue weighted by atomic mass is 10.5. The Labute approximate surface area is 129 Å². The van der Waals surface area contributed by atoms with Crippen LogP contribution in [0.25, 0.3) is 0 Å². The Hall–Kier alpha value is -0.340. The van der Waals surface area contributed by atoms with Crippen molar-refractivity contribution in [3.63, 3.8) is 0 Å². The highest BCUT2D eigenvalue weighted by atomic mass is 32.2. The van der Waals surface area contributed by atoms with E-state index in [4.69, 9.17) is 18.6 Å². The SMILES string of the molecule is CCOC(C1CO1)S(=O)(=O)O.CCOC(C1CO1)S(=O)(=O)O. The molecule has 2 saturated heterocycles.